The first-order valence-corrected chi connectivity index (χ1v) is 19.2. The SMILES string of the molecule is CCCCCCCCc1cc2sc(C#Cc3ccc(C#Cc4cc5sc(CCCCCCCC)cc5s4)cc3)cc2s1. The van der Waals surface area contributed by atoms with Crippen LogP contribution in [0, 0.1) is 23.7 Å². The van der Waals surface area contributed by atoms with Crippen molar-refractivity contribution in [1.29, 1.82) is 0 Å². The average molecular weight is 627 g/mol. The molecule has 0 atom stereocenters. The first-order chi connectivity index (χ1) is 20.7. The molecule has 0 aliphatic rings. The third-order valence-corrected chi connectivity index (χ3v) is 12.2. The van der Waals surface area contributed by atoms with E-state index in [4.69, 9.17) is 0 Å². The second-order valence-corrected chi connectivity index (χ2v) is 15.7. The van der Waals surface area contributed by atoms with Crippen LogP contribution in [-0.2, 0) is 12.8 Å². The number of unbranched alkanes of at least 4 members (excludes halogenated alkanes) is 10. The van der Waals surface area contributed by atoms with E-state index in [0.29, 0.717) is 0 Å². The summed E-state index contributed by atoms with van der Waals surface area (Å²) < 4.78 is 5.55. The van der Waals surface area contributed by atoms with Gasteiger partial charge in [-0.05, 0) is 74.2 Å². The van der Waals surface area contributed by atoms with Crippen molar-refractivity contribution < 1.29 is 0 Å². The van der Waals surface area contributed by atoms with Crippen LogP contribution in [-0.4, -0.2) is 0 Å². The number of thiophene rings is 4. The first kappa shape index (κ1) is 31.1. The molecule has 0 saturated heterocycles. The average Bonchev–Trinajstić information content (AvgIpc) is 3.75. The smallest absolute Gasteiger partial charge is 0.0793 e. The summed E-state index contributed by atoms with van der Waals surface area (Å²) in [5, 5.41) is 0. The second-order valence-electron chi connectivity index (χ2n) is 11.2. The molecule has 0 bridgehead atoms. The normalized spacial score (nSPS) is 11.1. The molecule has 4 aromatic heterocycles. The van der Waals surface area contributed by atoms with E-state index in [9.17, 15) is 0 Å². The van der Waals surface area contributed by atoms with Crippen LogP contribution in [0.2, 0.25) is 0 Å². The van der Waals surface area contributed by atoms with E-state index >= 15 is 0 Å². The Kier molecular flexibility index (Phi) is 12.2. The summed E-state index contributed by atoms with van der Waals surface area (Å²) in [7, 11) is 0. The molecule has 0 aliphatic heterocycles. The van der Waals surface area contributed by atoms with Gasteiger partial charge in [-0.25, -0.2) is 0 Å². The zero-order valence-corrected chi connectivity index (χ0v) is 28.4. The topological polar surface area (TPSA) is 0 Å². The fraction of sp³-hybridized carbons (Fsp3) is 0.421. The standard InChI is InChI=1S/C38H42S4/c1-3-5-7-9-11-13-15-31-25-35-37(39-31)27-33(41-35)23-21-29-17-19-30(20-18-29)22-24-34-28-38-36(42-34)26-32(40-38)16-14-12-10-8-6-4-2/h17-20,25-28H,3-16H2,1-2H3. The minimum Gasteiger partial charge on any atom is -0.139 e. The minimum absolute atomic E-state index is 1.04. The molecule has 5 rings (SSSR count). The van der Waals surface area contributed by atoms with E-state index in [1.165, 1.54) is 118 Å². The number of fused-ring (bicyclic) bond motifs is 2. The van der Waals surface area contributed by atoms with Crippen LogP contribution in [0.4, 0.5) is 0 Å². The molecule has 0 unspecified atom stereocenters. The van der Waals surface area contributed by atoms with Gasteiger partial charge in [0, 0.05) is 39.7 Å². The quantitative estimate of drug-likeness (QED) is 0.0849. The predicted molar refractivity (Wildman–Crippen MR) is 192 cm³/mol. The maximum absolute atomic E-state index is 3.39. The van der Waals surface area contributed by atoms with Crippen molar-refractivity contribution in [3.05, 3.63) is 79.2 Å². The Hall–Kier alpha value is -2.34. The number of rotatable bonds is 14. The molecule has 0 aliphatic carbocycles. The zero-order valence-electron chi connectivity index (χ0n) is 25.2. The first-order valence-electron chi connectivity index (χ1n) is 15.9. The molecule has 0 fully saturated rings. The number of hydrogen-bond donors (Lipinski definition) is 0. The summed E-state index contributed by atoms with van der Waals surface area (Å²) in [4.78, 5) is 5.36. The Morgan fingerprint density at radius 2 is 0.810 bits per heavy atom. The third kappa shape index (κ3) is 9.33. The Bertz CT molecular complexity index is 1470. The summed E-state index contributed by atoms with van der Waals surface area (Å²) in [6.07, 6.45) is 18.7. The molecular formula is C38H42S4. The van der Waals surface area contributed by atoms with Gasteiger partial charge in [-0.15, -0.1) is 45.3 Å². The predicted octanol–water partition coefficient (Wildman–Crippen LogP) is 12.8. The lowest BCUT2D eigenvalue weighted by atomic mass is 10.1. The molecule has 42 heavy (non-hydrogen) atoms. The van der Waals surface area contributed by atoms with Crippen LogP contribution >= 0.6 is 45.3 Å². The van der Waals surface area contributed by atoms with Crippen molar-refractivity contribution in [2.75, 3.05) is 0 Å². The van der Waals surface area contributed by atoms with Gasteiger partial charge in [0.2, 0.25) is 0 Å². The highest BCUT2D eigenvalue weighted by Gasteiger charge is 2.07. The molecule has 0 saturated carbocycles. The second kappa shape index (κ2) is 16.5. The molecular weight excluding hydrogens is 585 g/mol. The number of hydrogen-bond acceptors (Lipinski definition) is 4. The molecule has 0 nitrogen and oxygen atoms in total. The van der Waals surface area contributed by atoms with Gasteiger partial charge in [0.25, 0.3) is 0 Å². The van der Waals surface area contributed by atoms with Crippen molar-refractivity contribution >= 4 is 64.1 Å². The molecule has 4 heterocycles. The van der Waals surface area contributed by atoms with Crippen molar-refractivity contribution in [1.82, 2.24) is 0 Å². The van der Waals surface area contributed by atoms with E-state index in [1.54, 1.807) is 0 Å². The minimum atomic E-state index is 1.04. The monoisotopic (exact) mass is 626 g/mol. The highest BCUT2D eigenvalue weighted by Crippen LogP contribution is 2.35. The summed E-state index contributed by atoms with van der Waals surface area (Å²) in [6, 6.07) is 17.7. The number of aryl methyl sites for hydroxylation is 2. The summed E-state index contributed by atoms with van der Waals surface area (Å²) in [6.45, 7) is 4.56. The maximum atomic E-state index is 3.39. The van der Waals surface area contributed by atoms with E-state index in [1.807, 2.05) is 45.3 Å². The van der Waals surface area contributed by atoms with E-state index in [-0.39, 0.29) is 0 Å². The van der Waals surface area contributed by atoms with Crippen LogP contribution in [0.3, 0.4) is 0 Å². The van der Waals surface area contributed by atoms with E-state index in [0.717, 1.165) is 20.9 Å². The molecule has 1 aromatic carbocycles. The molecule has 4 heteroatoms. The van der Waals surface area contributed by atoms with E-state index < -0.39 is 0 Å². The fourth-order valence-corrected chi connectivity index (χ4v) is 9.84. The lowest BCUT2D eigenvalue weighted by Gasteiger charge is -1.99. The molecule has 0 amide bonds. The molecule has 5 aromatic rings. The third-order valence-electron chi connectivity index (χ3n) is 7.61. The Labute approximate surface area is 269 Å². The summed E-state index contributed by atoms with van der Waals surface area (Å²) in [5.41, 5.74) is 2.08. The summed E-state index contributed by atoms with van der Waals surface area (Å²) in [5.74, 6) is 13.5. The van der Waals surface area contributed by atoms with Gasteiger partial charge in [-0.3, -0.25) is 0 Å². The zero-order chi connectivity index (χ0) is 29.0. The maximum Gasteiger partial charge on any atom is 0.0793 e. The van der Waals surface area contributed by atoms with Crippen molar-refractivity contribution in [3.8, 4) is 23.7 Å². The van der Waals surface area contributed by atoms with Gasteiger partial charge >= 0.3 is 0 Å². The van der Waals surface area contributed by atoms with Crippen LogP contribution in [0.25, 0.3) is 18.8 Å². The van der Waals surface area contributed by atoms with Gasteiger partial charge in [0.1, 0.15) is 0 Å². The highest BCUT2D eigenvalue weighted by atomic mass is 32.1. The van der Waals surface area contributed by atoms with Gasteiger partial charge in [-0.1, -0.05) is 102 Å². The molecule has 218 valence electrons. The molecule has 0 spiro atoms. The van der Waals surface area contributed by atoms with Crippen LogP contribution in [0.5, 0.6) is 0 Å². The van der Waals surface area contributed by atoms with Crippen molar-refractivity contribution in [2.24, 2.45) is 0 Å². The molecule has 0 radical (unpaired) electrons. The van der Waals surface area contributed by atoms with Crippen LogP contribution in [0.1, 0.15) is 122 Å². The largest absolute Gasteiger partial charge is 0.139 e. The van der Waals surface area contributed by atoms with Crippen molar-refractivity contribution in [2.45, 2.75) is 104 Å². The van der Waals surface area contributed by atoms with Crippen molar-refractivity contribution in [3.63, 3.8) is 0 Å². The Balaban J connectivity index is 1.10. The van der Waals surface area contributed by atoms with Crippen LogP contribution < -0.4 is 0 Å². The van der Waals surface area contributed by atoms with Gasteiger partial charge < -0.3 is 0 Å². The lowest BCUT2D eigenvalue weighted by Crippen LogP contribution is -1.82. The highest BCUT2D eigenvalue weighted by molar-refractivity contribution is 7.28. The Morgan fingerprint density at radius 3 is 1.21 bits per heavy atom. The molecule has 0 N–H and O–H groups in total. The lowest BCUT2D eigenvalue weighted by molar-refractivity contribution is 0.609. The Morgan fingerprint density at radius 1 is 0.429 bits per heavy atom. The number of benzene rings is 1. The van der Waals surface area contributed by atoms with Gasteiger partial charge in [0.05, 0.1) is 9.75 Å². The fourth-order valence-electron chi connectivity index (χ4n) is 5.20. The summed E-state index contributed by atoms with van der Waals surface area (Å²) >= 11 is 7.55. The van der Waals surface area contributed by atoms with Gasteiger partial charge in [0.15, 0.2) is 0 Å². The van der Waals surface area contributed by atoms with Gasteiger partial charge in [-0.2, -0.15) is 0 Å². The van der Waals surface area contributed by atoms with E-state index in [2.05, 4.69) is 86.1 Å². The van der Waals surface area contributed by atoms with Crippen LogP contribution in [0.15, 0.2) is 48.5 Å².